The number of nitrogens with zero attached hydrogens (tertiary/aromatic N) is 1. The van der Waals surface area contributed by atoms with Gasteiger partial charge in [-0.1, -0.05) is 30.3 Å². The maximum Gasteiger partial charge on any atom is 0.293 e. The third kappa shape index (κ3) is 6.12. The molecule has 5 nitrogen and oxygen atoms in total. The summed E-state index contributed by atoms with van der Waals surface area (Å²) in [5, 5.41) is 11.2. The largest absolute Gasteiger partial charge is 0.463 e. The van der Waals surface area contributed by atoms with Crippen LogP contribution in [-0.4, -0.2) is 24.8 Å². The van der Waals surface area contributed by atoms with Gasteiger partial charge >= 0.3 is 0 Å². The van der Waals surface area contributed by atoms with E-state index in [9.17, 15) is 9.59 Å². The van der Waals surface area contributed by atoms with Crippen molar-refractivity contribution >= 4 is 12.3 Å². The fourth-order valence-electron chi connectivity index (χ4n) is 1.86. The summed E-state index contributed by atoms with van der Waals surface area (Å²) in [7, 11) is 0. The van der Waals surface area contributed by atoms with Crippen LogP contribution in [0.15, 0.2) is 30.3 Å². The van der Waals surface area contributed by atoms with Crippen LogP contribution in [0.3, 0.4) is 0 Å². The van der Waals surface area contributed by atoms with Crippen molar-refractivity contribution < 1.29 is 14.3 Å². The van der Waals surface area contributed by atoms with Gasteiger partial charge in [-0.05, 0) is 24.9 Å². The predicted molar refractivity (Wildman–Crippen MR) is 73.6 cm³/mol. The minimum Gasteiger partial charge on any atom is -0.463 e. The molecule has 0 amide bonds. The van der Waals surface area contributed by atoms with Crippen LogP contribution in [0.2, 0.25) is 0 Å². The van der Waals surface area contributed by atoms with Gasteiger partial charge in [0.05, 0.1) is 18.5 Å². The Labute approximate surface area is 118 Å². The molecule has 1 aliphatic heterocycles. The zero-order chi connectivity index (χ0) is 14.6. The molecule has 0 aromatic heterocycles. The van der Waals surface area contributed by atoms with E-state index in [1.54, 1.807) is 0 Å². The van der Waals surface area contributed by atoms with Crippen LogP contribution in [0.5, 0.6) is 0 Å². The number of carbonyl (C=O) groups excluding carboxylic acids is 2. The van der Waals surface area contributed by atoms with Crippen LogP contribution < -0.4 is 5.32 Å². The van der Waals surface area contributed by atoms with Crippen molar-refractivity contribution in [2.45, 2.75) is 31.9 Å². The molecular formula is C15H18N2O3. The molecule has 20 heavy (non-hydrogen) atoms. The quantitative estimate of drug-likeness (QED) is 0.825. The van der Waals surface area contributed by atoms with Crippen molar-refractivity contribution in [3.63, 3.8) is 0 Å². The second kappa shape index (κ2) is 9.70. The number of nitrogens with one attached hydrogen (secondary N) is 1. The SMILES string of the molecule is N#CCC(=O)[C@H]1CCCN1.O=COCc1ccccc1. The van der Waals surface area contributed by atoms with Gasteiger partial charge in [0.15, 0.2) is 5.78 Å². The van der Waals surface area contributed by atoms with Gasteiger partial charge in [-0.2, -0.15) is 5.26 Å². The summed E-state index contributed by atoms with van der Waals surface area (Å²) in [5.74, 6) is 0.0417. The van der Waals surface area contributed by atoms with E-state index >= 15 is 0 Å². The molecule has 1 atom stereocenters. The van der Waals surface area contributed by atoms with Gasteiger partial charge in [0.1, 0.15) is 6.61 Å². The first-order valence-electron chi connectivity index (χ1n) is 6.50. The Bertz CT molecular complexity index is 448. The molecule has 0 radical (unpaired) electrons. The Balaban J connectivity index is 0.000000200. The summed E-state index contributed by atoms with van der Waals surface area (Å²) in [6, 6.07) is 11.4. The molecule has 0 bridgehead atoms. The summed E-state index contributed by atoms with van der Waals surface area (Å²) in [6.45, 7) is 1.74. The number of Topliss-reactive ketones (excluding diaryl/α,β-unsaturated/α-hetero) is 1. The van der Waals surface area contributed by atoms with E-state index in [4.69, 9.17) is 5.26 Å². The number of ether oxygens (including phenoxy) is 1. The zero-order valence-corrected chi connectivity index (χ0v) is 11.2. The Morgan fingerprint density at radius 3 is 2.75 bits per heavy atom. The number of ketones is 1. The standard InChI is InChI=1S/C8H8O2.C7H10N2O/c9-7-10-6-8-4-2-1-3-5-8;8-4-3-7(10)6-2-1-5-9-6/h1-5,7H,6H2;6,9H,1-3,5H2/t;6-/m.1/s1. The molecule has 1 saturated heterocycles. The van der Waals surface area contributed by atoms with E-state index in [1.165, 1.54) is 0 Å². The third-order valence-corrected chi connectivity index (χ3v) is 2.86. The molecule has 1 aliphatic rings. The lowest BCUT2D eigenvalue weighted by Crippen LogP contribution is -2.30. The van der Waals surface area contributed by atoms with E-state index in [1.807, 2.05) is 36.4 Å². The van der Waals surface area contributed by atoms with Crippen LogP contribution in [0.1, 0.15) is 24.8 Å². The number of hydrogen-bond acceptors (Lipinski definition) is 5. The van der Waals surface area contributed by atoms with E-state index < -0.39 is 0 Å². The first-order chi connectivity index (χ1) is 9.77. The molecule has 1 aromatic carbocycles. The molecule has 1 aromatic rings. The van der Waals surface area contributed by atoms with Crippen LogP contribution in [-0.2, 0) is 20.9 Å². The lowest BCUT2D eigenvalue weighted by molar-refractivity contribution is -0.129. The van der Waals surface area contributed by atoms with Gasteiger partial charge < -0.3 is 10.1 Å². The first kappa shape index (κ1) is 15.9. The van der Waals surface area contributed by atoms with Gasteiger partial charge in [-0.25, -0.2) is 0 Å². The Morgan fingerprint density at radius 2 is 2.20 bits per heavy atom. The lowest BCUT2D eigenvalue weighted by Gasteiger charge is -2.03. The number of hydrogen-bond donors (Lipinski definition) is 1. The fraction of sp³-hybridized carbons (Fsp3) is 0.400. The normalized spacial score (nSPS) is 16.4. The minimum absolute atomic E-state index is 0.0281. The highest BCUT2D eigenvalue weighted by Crippen LogP contribution is 2.06. The molecule has 1 N–H and O–H groups in total. The van der Waals surface area contributed by atoms with Crippen molar-refractivity contribution in [1.29, 1.82) is 5.26 Å². The monoisotopic (exact) mass is 274 g/mol. The topological polar surface area (TPSA) is 79.2 Å². The van der Waals surface area contributed by atoms with Crippen molar-refractivity contribution in [2.24, 2.45) is 0 Å². The highest BCUT2D eigenvalue weighted by atomic mass is 16.5. The number of nitriles is 1. The van der Waals surface area contributed by atoms with Crippen LogP contribution in [0.4, 0.5) is 0 Å². The maximum atomic E-state index is 11.0. The molecule has 0 unspecified atom stereocenters. The Hall–Kier alpha value is -2.19. The average Bonchev–Trinajstić information content (AvgIpc) is 3.01. The van der Waals surface area contributed by atoms with Crippen LogP contribution in [0, 0.1) is 11.3 Å². The summed E-state index contributed by atoms with van der Waals surface area (Å²) in [4.78, 5) is 20.7. The smallest absolute Gasteiger partial charge is 0.293 e. The second-order valence-corrected chi connectivity index (χ2v) is 4.34. The van der Waals surface area contributed by atoms with Crippen LogP contribution in [0.25, 0.3) is 0 Å². The van der Waals surface area contributed by atoms with Gasteiger partial charge in [-0.15, -0.1) is 0 Å². The molecule has 0 aliphatic carbocycles. The lowest BCUT2D eigenvalue weighted by atomic mass is 10.1. The summed E-state index contributed by atoms with van der Waals surface area (Å²) >= 11 is 0. The van der Waals surface area contributed by atoms with Crippen molar-refractivity contribution in [1.82, 2.24) is 5.32 Å². The van der Waals surface area contributed by atoms with Gasteiger partial charge in [0, 0.05) is 0 Å². The molecule has 1 fully saturated rings. The second-order valence-electron chi connectivity index (χ2n) is 4.34. The molecule has 2 rings (SSSR count). The average molecular weight is 274 g/mol. The molecule has 0 spiro atoms. The predicted octanol–water partition coefficient (Wildman–Crippen LogP) is 1.58. The van der Waals surface area contributed by atoms with Crippen molar-refractivity contribution in [2.75, 3.05) is 6.54 Å². The van der Waals surface area contributed by atoms with E-state index in [-0.39, 0.29) is 18.2 Å². The highest BCUT2D eigenvalue weighted by molar-refractivity contribution is 5.85. The highest BCUT2D eigenvalue weighted by Gasteiger charge is 2.20. The molecule has 1 heterocycles. The fourth-order valence-corrected chi connectivity index (χ4v) is 1.86. The first-order valence-corrected chi connectivity index (χ1v) is 6.50. The summed E-state index contributed by atoms with van der Waals surface area (Å²) in [6.07, 6.45) is 2.01. The molecule has 0 saturated carbocycles. The summed E-state index contributed by atoms with van der Waals surface area (Å²) < 4.78 is 4.54. The van der Waals surface area contributed by atoms with Crippen LogP contribution >= 0.6 is 0 Å². The molecule has 106 valence electrons. The number of carbonyl (C=O) groups is 2. The number of benzene rings is 1. The van der Waals surface area contributed by atoms with Crippen molar-refractivity contribution in [3.8, 4) is 6.07 Å². The van der Waals surface area contributed by atoms with Gasteiger partial charge in [-0.3, -0.25) is 9.59 Å². The number of rotatable bonds is 5. The van der Waals surface area contributed by atoms with E-state index in [0.717, 1.165) is 24.9 Å². The van der Waals surface area contributed by atoms with Crippen molar-refractivity contribution in [3.05, 3.63) is 35.9 Å². The van der Waals surface area contributed by atoms with E-state index in [2.05, 4.69) is 10.1 Å². The maximum absolute atomic E-state index is 11.0. The zero-order valence-electron chi connectivity index (χ0n) is 11.2. The van der Waals surface area contributed by atoms with Gasteiger partial charge in [0.2, 0.25) is 0 Å². The molecular weight excluding hydrogens is 256 g/mol. The Morgan fingerprint density at radius 1 is 1.45 bits per heavy atom. The van der Waals surface area contributed by atoms with E-state index in [0.29, 0.717) is 13.1 Å². The summed E-state index contributed by atoms with van der Waals surface area (Å²) in [5.41, 5.74) is 1.01. The minimum atomic E-state index is -0.0281. The molecule has 5 heteroatoms. The van der Waals surface area contributed by atoms with Gasteiger partial charge in [0.25, 0.3) is 6.47 Å². The third-order valence-electron chi connectivity index (χ3n) is 2.86. The Kier molecular flexibility index (Phi) is 7.70.